The van der Waals surface area contributed by atoms with Gasteiger partial charge in [-0.25, -0.2) is 0 Å². The van der Waals surface area contributed by atoms with E-state index in [1.807, 2.05) is 6.92 Å². The van der Waals surface area contributed by atoms with Gasteiger partial charge < -0.3 is 9.63 Å². The number of hydrogen-bond acceptors (Lipinski definition) is 3. The molecule has 0 aromatic carbocycles. The van der Waals surface area contributed by atoms with Crippen LogP contribution in [0.5, 0.6) is 5.95 Å². The standard InChI is InChI=1S/C5H7NO2/c1-2-4-3-6-8-5(4)7/h3,7H,2H2,1H3. The second kappa shape index (κ2) is 1.86. The maximum Gasteiger partial charge on any atom is 0.311 e. The van der Waals surface area contributed by atoms with E-state index in [0.717, 1.165) is 12.0 Å². The summed E-state index contributed by atoms with van der Waals surface area (Å²) in [5.41, 5.74) is 0.755. The van der Waals surface area contributed by atoms with E-state index < -0.39 is 0 Å². The molecular formula is C5H7NO2. The van der Waals surface area contributed by atoms with Gasteiger partial charge in [0, 0.05) is 0 Å². The molecule has 1 aromatic rings. The first kappa shape index (κ1) is 5.15. The Hall–Kier alpha value is -0.990. The Balaban J connectivity index is 2.92. The van der Waals surface area contributed by atoms with Crippen LogP contribution in [0.25, 0.3) is 0 Å². The second-order valence-electron chi connectivity index (χ2n) is 1.51. The van der Waals surface area contributed by atoms with Crippen LogP contribution in [0.4, 0.5) is 0 Å². The molecule has 1 N–H and O–H groups in total. The second-order valence-corrected chi connectivity index (χ2v) is 1.51. The van der Waals surface area contributed by atoms with E-state index in [0.29, 0.717) is 0 Å². The molecule has 0 spiro atoms. The molecular weight excluding hydrogens is 106 g/mol. The number of aryl methyl sites for hydroxylation is 1. The summed E-state index contributed by atoms with van der Waals surface area (Å²) in [7, 11) is 0. The maximum absolute atomic E-state index is 8.72. The largest absolute Gasteiger partial charge is 0.479 e. The van der Waals surface area contributed by atoms with Crippen LogP contribution in [0, 0.1) is 0 Å². The lowest BCUT2D eigenvalue weighted by atomic mass is 10.3. The van der Waals surface area contributed by atoms with E-state index in [-0.39, 0.29) is 5.95 Å². The summed E-state index contributed by atoms with van der Waals surface area (Å²) in [4.78, 5) is 0. The van der Waals surface area contributed by atoms with Crippen molar-refractivity contribution in [3.05, 3.63) is 11.8 Å². The molecule has 1 rings (SSSR count). The summed E-state index contributed by atoms with van der Waals surface area (Å²) < 4.78 is 4.36. The van der Waals surface area contributed by atoms with E-state index in [1.165, 1.54) is 6.20 Å². The van der Waals surface area contributed by atoms with Crippen molar-refractivity contribution in [1.29, 1.82) is 0 Å². The summed E-state index contributed by atoms with van der Waals surface area (Å²) in [6.07, 6.45) is 2.27. The van der Waals surface area contributed by atoms with Crippen LogP contribution in [-0.4, -0.2) is 10.3 Å². The Kier molecular flexibility index (Phi) is 1.20. The van der Waals surface area contributed by atoms with Crippen LogP contribution in [0.3, 0.4) is 0 Å². The van der Waals surface area contributed by atoms with Crippen LogP contribution in [0.2, 0.25) is 0 Å². The van der Waals surface area contributed by atoms with Gasteiger partial charge >= 0.3 is 5.95 Å². The van der Waals surface area contributed by atoms with Gasteiger partial charge in [0.15, 0.2) is 0 Å². The molecule has 0 amide bonds. The summed E-state index contributed by atoms with van der Waals surface area (Å²) in [5.74, 6) is -0.0625. The molecule has 0 saturated heterocycles. The third-order valence-corrected chi connectivity index (χ3v) is 1.00. The highest BCUT2D eigenvalue weighted by Gasteiger charge is 1.99. The SMILES string of the molecule is CCc1cnoc1O. The van der Waals surface area contributed by atoms with Crippen molar-refractivity contribution in [2.24, 2.45) is 0 Å². The molecule has 1 aromatic heterocycles. The average molecular weight is 113 g/mol. The number of hydrogen-bond donors (Lipinski definition) is 1. The fourth-order valence-corrected chi connectivity index (χ4v) is 0.496. The normalized spacial score (nSPS) is 9.62. The Bertz CT molecular complexity index is 171. The molecule has 3 nitrogen and oxygen atoms in total. The van der Waals surface area contributed by atoms with E-state index in [2.05, 4.69) is 9.68 Å². The van der Waals surface area contributed by atoms with Crippen molar-refractivity contribution < 1.29 is 9.63 Å². The maximum atomic E-state index is 8.72. The predicted molar refractivity (Wildman–Crippen MR) is 27.5 cm³/mol. The minimum Gasteiger partial charge on any atom is -0.479 e. The highest BCUT2D eigenvalue weighted by Crippen LogP contribution is 2.14. The third kappa shape index (κ3) is 0.665. The van der Waals surface area contributed by atoms with Gasteiger partial charge in [-0.05, 0) is 6.42 Å². The molecule has 0 unspecified atom stereocenters. The van der Waals surface area contributed by atoms with Crippen molar-refractivity contribution in [1.82, 2.24) is 5.16 Å². The van der Waals surface area contributed by atoms with Gasteiger partial charge in [0.05, 0.1) is 11.8 Å². The van der Waals surface area contributed by atoms with Crippen LogP contribution in [-0.2, 0) is 6.42 Å². The number of nitrogens with zero attached hydrogens (tertiary/aromatic N) is 1. The lowest BCUT2D eigenvalue weighted by Crippen LogP contribution is -1.70. The Labute approximate surface area is 46.9 Å². The Morgan fingerprint density at radius 1 is 1.88 bits per heavy atom. The van der Waals surface area contributed by atoms with Gasteiger partial charge in [-0.2, -0.15) is 0 Å². The number of aromatic hydroxyl groups is 1. The molecule has 0 aliphatic carbocycles. The first-order valence-corrected chi connectivity index (χ1v) is 2.47. The van der Waals surface area contributed by atoms with E-state index in [1.54, 1.807) is 0 Å². The van der Waals surface area contributed by atoms with E-state index >= 15 is 0 Å². The molecule has 0 aliphatic heterocycles. The molecule has 0 aliphatic rings. The van der Waals surface area contributed by atoms with Crippen molar-refractivity contribution in [3.63, 3.8) is 0 Å². The van der Waals surface area contributed by atoms with E-state index in [9.17, 15) is 0 Å². The average Bonchev–Trinajstić information content (AvgIpc) is 2.14. The van der Waals surface area contributed by atoms with Crippen molar-refractivity contribution >= 4 is 0 Å². The number of rotatable bonds is 1. The first-order chi connectivity index (χ1) is 3.84. The van der Waals surface area contributed by atoms with Gasteiger partial charge in [0.25, 0.3) is 0 Å². The van der Waals surface area contributed by atoms with Gasteiger partial charge in [-0.1, -0.05) is 12.1 Å². The summed E-state index contributed by atoms with van der Waals surface area (Å²) in [5, 5.41) is 12.1. The fraction of sp³-hybridized carbons (Fsp3) is 0.400. The topological polar surface area (TPSA) is 46.3 Å². The van der Waals surface area contributed by atoms with Gasteiger partial charge in [0.2, 0.25) is 0 Å². The molecule has 3 heteroatoms. The quantitative estimate of drug-likeness (QED) is 0.589. The van der Waals surface area contributed by atoms with Gasteiger partial charge in [-0.15, -0.1) is 0 Å². The monoisotopic (exact) mass is 113 g/mol. The zero-order chi connectivity index (χ0) is 5.98. The number of aromatic nitrogens is 1. The highest BCUT2D eigenvalue weighted by molar-refractivity contribution is 5.16. The molecule has 1 heterocycles. The third-order valence-electron chi connectivity index (χ3n) is 1.00. The molecule has 0 radical (unpaired) electrons. The highest BCUT2D eigenvalue weighted by atomic mass is 16.5. The van der Waals surface area contributed by atoms with Crippen LogP contribution in [0.15, 0.2) is 10.7 Å². The van der Waals surface area contributed by atoms with Gasteiger partial charge in [0.1, 0.15) is 0 Å². The smallest absolute Gasteiger partial charge is 0.311 e. The van der Waals surface area contributed by atoms with Crippen LogP contribution < -0.4 is 0 Å². The Morgan fingerprint density at radius 2 is 2.62 bits per heavy atom. The summed E-state index contributed by atoms with van der Waals surface area (Å²) >= 11 is 0. The van der Waals surface area contributed by atoms with Crippen molar-refractivity contribution in [2.75, 3.05) is 0 Å². The lowest BCUT2D eigenvalue weighted by molar-refractivity contribution is 0.275. The zero-order valence-electron chi connectivity index (χ0n) is 4.59. The molecule has 0 bridgehead atoms. The van der Waals surface area contributed by atoms with Gasteiger partial charge in [-0.3, -0.25) is 0 Å². The summed E-state index contributed by atoms with van der Waals surface area (Å²) in [6.45, 7) is 1.92. The molecule has 0 saturated carbocycles. The molecule has 8 heavy (non-hydrogen) atoms. The van der Waals surface area contributed by atoms with E-state index in [4.69, 9.17) is 5.11 Å². The molecule has 0 fully saturated rings. The summed E-state index contributed by atoms with van der Waals surface area (Å²) in [6, 6.07) is 0. The molecule has 0 atom stereocenters. The predicted octanol–water partition coefficient (Wildman–Crippen LogP) is 0.943. The molecule has 44 valence electrons. The Morgan fingerprint density at radius 3 is 2.88 bits per heavy atom. The van der Waals surface area contributed by atoms with Crippen LogP contribution >= 0.6 is 0 Å². The minimum absolute atomic E-state index is 0.0625. The fourth-order valence-electron chi connectivity index (χ4n) is 0.496. The zero-order valence-corrected chi connectivity index (χ0v) is 4.59. The van der Waals surface area contributed by atoms with Crippen molar-refractivity contribution in [3.8, 4) is 5.95 Å². The first-order valence-electron chi connectivity index (χ1n) is 2.47. The van der Waals surface area contributed by atoms with Crippen molar-refractivity contribution in [2.45, 2.75) is 13.3 Å². The van der Waals surface area contributed by atoms with Crippen LogP contribution in [0.1, 0.15) is 12.5 Å². The minimum atomic E-state index is -0.0625. The lowest BCUT2D eigenvalue weighted by Gasteiger charge is -1.82.